The highest BCUT2D eigenvalue weighted by Gasteiger charge is 2.16. The molecule has 0 bridgehead atoms. The minimum absolute atomic E-state index is 0.201. The summed E-state index contributed by atoms with van der Waals surface area (Å²) in [6.07, 6.45) is 2.35. The van der Waals surface area contributed by atoms with Crippen LogP contribution >= 0.6 is 0 Å². The van der Waals surface area contributed by atoms with Crippen molar-refractivity contribution in [1.82, 2.24) is 9.55 Å². The number of carboxylic acid groups (broad SMARTS) is 1. The van der Waals surface area contributed by atoms with Gasteiger partial charge in [-0.2, -0.15) is 0 Å². The third-order valence-electron chi connectivity index (χ3n) is 2.36. The maximum atomic E-state index is 10.9. The van der Waals surface area contributed by atoms with Crippen molar-refractivity contribution in [2.45, 2.75) is 40.7 Å². The van der Waals surface area contributed by atoms with Crippen molar-refractivity contribution in [3.8, 4) is 0 Å². The molecule has 0 unspecified atom stereocenters. The van der Waals surface area contributed by atoms with E-state index in [4.69, 9.17) is 5.11 Å². The van der Waals surface area contributed by atoms with Gasteiger partial charge in [-0.05, 0) is 18.8 Å². The van der Waals surface area contributed by atoms with Crippen LogP contribution in [-0.2, 0) is 6.54 Å². The van der Waals surface area contributed by atoms with E-state index in [0.717, 1.165) is 12.2 Å². The summed E-state index contributed by atoms with van der Waals surface area (Å²) in [4.78, 5) is 14.9. The third-order valence-corrected chi connectivity index (χ3v) is 2.36. The molecule has 15 heavy (non-hydrogen) atoms. The number of hydrogen-bond acceptors (Lipinski definition) is 2. The van der Waals surface area contributed by atoms with Crippen molar-refractivity contribution in [2.24, 2.45) is 5.41 Å². The lowest BCUT2D eigenvalue weighted by atomic mass is 9.92. The van der Waals surface area contributed by atoms with Gasteiger partial charge in [-0.25, -0.2) is 9.78 Å². The lowest BCUT2D eigenvalue weighted by Crippen LogP contribution is -2.15. The highest BCUT2D eigenvalue weighted by atomic mass is 16.4. The number of rotatable bonds is 3. The molecule has 4 heteroatoms. The SMILES string of the molecule is Cc1ncc(C(=O)O)n1CCC(C)(C)C. The zero-order valence-corrected chi connectivity index (χ0v) is 9.74. The largest absolute Gasteiger partial charge is 0.477 e. The van der Waals surface area contributed by atoms with Crippen LogP contribution < -0.4 is 0 Å². The van der Waals surface area contributed by atoms with Crippen molar-refractivity contribution >= 4 is 5.97 Å². The van der Waals surface area contributed by atoms with Crippen molar-refractivity contribution < 1.29 is 9.90 Å². The number of carbonyl (C=O) groups is 1. The molecule has 0 spiro atoms. The molecular weight excluding hydrogens is 192 g/mol. The maximum absolute atomic E-state index is 10.9. The zero-order chi connectivity index (χ0) is 11.6. The third kappa shape index (κ3) is 3.08. The van der Waals surface area contributed by atoms with Crippen molar-refractivity contribution in [3.63, 3.8) is 0 Å². The second-order valence-corrected chi connectivity index (χ2v) is 4.96. The van der Waals surface area contributed by atoms with E-state index in [1.165, 1.54) is 6.20 Å². The highest BCUT2D eigenvalue weighted by Crippen LogP contribution is 2.20. The summed E-state index contributed by atoms with van der Waals surface area (Å²) in [7, 11) is 0. The van der Waals surface area contributed by atoms with Gasteiger partial charge in [-0.1, -0.05) is 20.8 Å². The number of aryl methyl sites for hydroxylation is 1. The summed E-state index contributed by atoms with van der Waals surface area (Å²) in [5.41, 5.74) is 0.476. The van der Waals surface area contributed by atoms with Gasteiger partial charge in [-0.3, -0.25) is 0 Å². The highest BCUT2D eigenvalue weighted by molar-refractivity contribution is 5.85. The summed E-state index contributed by atoms with van der Waals surface area (Å²) in [5, 5.41) is 8.95. The molecule has 0 amide bonds. The van der Waals surface area contributed by atoms with Crippen molar-refractivity contribution in [3.05, 3.63) is 17.7 Å². The van der Waals surface area contributed by atoms with E-state index in [1.807, 2.05) is 6.92 Å². The summed E-state index contributed by atoms with van der Waals surface area (Å²) in [5.74, 6) is -0.152. The minimum atomic E-state index is -0.912. The molecule has 0 saturated heterocycles. The molecule has 84 valence electrons. The topological polar surface area (TPSA) is 55.1 Å². The van der Waals surface area contributed by atoms with Crippen LogP contribution in [0.3, 0.4) is 0 Å². The number of aromatic nitrogens is 2. The van der Waals surface area contributed by atoms with Crippen LogP contribution in [-0.4, -0.2) is 20.6 Å². The van der Waals surface area contributed by atoms with Crippen LogP contribution in [0.1, 0.15) is 43.5 Å². The first kappa shape index (κ1) is 11.8. The fraction of sp³-hybridized carbons (Fsp3) is 0.636. The lowest BCUT2D eigenvalue weighted by Gasteiger charge is -2.19. The molecule has 0 aliphatic carbocycles. The molecule has 0 aromatic carbocycles. The Balaban J connectivity index is 2.84. The quantitative estimate of drug-likeness (QED) is 0.833. The van der Waals surface area contributed by atoms with Crippen LogP contribution in [0, 0.1) is 12.3 Å². The Bertz CT molecular complexity index is 361. The van der Waals surface area contributed by atoms with Gasteiger partial charge >= 0.3 is 5.97 Å². The molecule has 0 radical (unpaired) electrons. The lowest BCUT2D eigenvalue weighted by molar-refractivity contribution is 0.0683. The molecule has 0 saturated carbocycles. The number of aromatic carboxylic acids is 1. The average molecular weight is 210 g/mol. The Hall–Kier alpha value is -1.32. The van der Waals surface area contributed by atoms with Crippen LogP contribution in [0.2, 0.25) is 0 Å². The molecule has 0 aliphatic rings. The van der Waals surface area contributed by atoms with Gasteiger partial charge in [0.25, 0.3) is 0 Å². The molecule has 0 aliphatic heterocycles. The van der Waals surface area contributed by atoms with E-state index >= 15 is 0 Å². The van der Waals surface area contributed by atoms with E-state index < -0.39 is 5.97 Å². The fourth-order valence-electron chi connectivity index (χ4n) is 1.37. The smallest absolute Gasteiger partial charge is 0.354 e. The first-order valence-electron chi connectivity index (χ1n) is 5.07. The summed E-state index contributed by atoms with van der Waals surface area (Å²) in [6.45, 7) is 8.95. The molecular formula is C11H18N2O2. The van der Waals surface area contributed by atoms with E-state index in [0.29, 0.717) is 6.54 Å². The van der Waals surface area contributed by atoms with Crippen LogP contribution in [0.5, 0.6) is 0 Å². The van der Waals surface area contributed by atoms with E-state index in [9.17, 15) is 4.79 Å². The average Bonchev–Trinajstić information content (AvgIpc) is 2.42. The monoisotopic (exact) mass is 210 g/mol. The number of hydrogen-bond donors (Lipinski definition) is 1. The molecule has 1 aromatic heterocycles. The van der Waals surface area contributed by atoms with E-state index in [-0.39, 0.29) is 11.1 Å². The molecule has 4 nitrogen and oxygen atoms in total. The van der Waals surface area contributed by atoms with Gasteiger partial charge in [0.15, 0.2) is 0 Å². The molecule has 1 aromatic rings. The van der Waals surface area contributed by atoms with Gasteiger partial charge in [0, 0.05) is 6.54 Å². The summed E-state index contributed by atoms with van der Waals surface area (Å²) >= 11 is 0. The fourth-order valence-corrected chi connectivity index (χ4v) is 1.37. The number of carboxylic acids is 1. The molecule has 0 fully saturated rings. The first-order valence-corrected chi connectivity index (χ1v) is 5.07. The Morgan fingerprint density at radius 3 is 2.60 bits per heavy atom. The summed E-state index contributed by atoms with van der Waals surface area (Å²) < 4.78 is 1.76. The number of imidazole rings is 1. The maximum Gasteiger partial charge on any atom is 0.354 e. The van der Waals surface area contributed by atoms with Gasteiger partial charge in [0.05, 0.1) is 6.20 Å². The molecule has 1 N–H and O–H groups in total. The molecule has 1 rings (SSSR count). The Labute approximate surface area is 89.9 Å². The standard InChI is InChI=1S/C11H18N2O2/c1-8-12-7-9(10(14)15)13(8)6-5-11(2,3)4/h7H,5-6H2,1-4H3,(H,14,15). The minimum Gasteiger partial charge on any atom is -0.477 e. The normalized spacial score (nSPS) is 11.7. The Morgan fingerprint density at radius 1 is 1.53 bits per heavy atom. The van der Waals surface area contributed by atoms with Crippen LogP contribution in [0.15, 0.2) is 6.20 Å². The zero-order valence-electron chi connectivity index (χ0n) is 9.74. The number of nitrogens with zero attached hydrogens (tertiary/aromatic N) is 2. The predicted octanol–water partition coefficient (Wildman–Crippen LogP) is 2.33. The van der Waals surface area contributed by atoms with Gasteiger partial charge < -0.3 is 9.67 Å². The van der Waals surface area contributed by atoms with Crippen LogP contribution in [0.4, 0.5) is 0 Å². The van der Waals surface area contributed by atoms with E-state index in [1.54, 1.807) is 4.57 Å². The van der Waals surface area contributed by atoms with Crippen molar-refractivity contribution in [1.29, 1.82) is 0 Å². The van der Waals surface area contributed by atoms with Gasteiger partial charge in [0.2, 0.25) is 0 Å². The van der Waals surface area contributed by atoms with E-state index in [2.05, 4.69) is 25.8 Å². The van der Waals surface area contributed by atoms with Gasteiger partial charge in [-0.15, -0.1) is 0 Å². The van der Waals surface area contributed by atoms with Crippen LogP contribution in [0.25, 0.3) is 0 Å². The van der Waals surface area contributed by atoms with Crippen molar-refractivity contribution in [2.75, 3.05) is 0 Å². The second-order valence-electron chi connectivity index (χ2n) is 4.96. The first-order chi connectivity index (χ1) is 6.81. The Morgan fingerprint density at radius 2 is 2.13 bits per heavy atom. The van der Waals surface area contributed by atoms with Gasteiger partial charge in [0.1, 0.15) is 11.5 Å². The Kier molecular flexibility index (Phi) is 3.17. The molecule has 1 heterocycles. The predicted molar refractivity (Wildman–Crippen MR) is 58.0 cm³/mol. The second kappa shape index (κ2) is 4.04. The molecule has 0 atom stereocenters. The summed E-state index contributed by atoms with van der Waals surface area (Å²) in [6, 6.07) is 0.